The Labute approximate surface area is 234 Å². The van der Waals surface area contributed by atoms with E-state index in [4.69, 9.17) is 9.97 Å². The minimum Gasteiger partial charge on any atom is -0.259 e. The van der Waals surface area contributed by atoms with Gasteiger partial charge in [-0.1, -0.05) is 97.1 Å². The van der Waals surface area contributed by atoms with Crippen LogP contribution in [0.2, 0.25) is 0 Å². The summed E-state index contributed by atoms with van der Waals surface area (Å²) in [5.41, 5.74) is 1.39. The third-order valence-corrected chi connectivity index (χ3v) is 7.22. The second-order valence-corrected chi connectivity index (χ2v) is 9.48. The summed E-state index contributed by atoms with van der Waals surface area (Å²) in [5, 5.41) is 0. The van der Waals surface area contributed by atoms with Crippen molar-refractivity contribution in [1.82, 2.24) is 9.97 Å². The Bertz CT molecular complexity index is 1700. The molecule has 0 fully saturated rings. The average Bonchev–Trinajstić information content (AvgIpc) is 3.02. The lowest BCUT2D eigenvalue weighted by Crippen LogP contribution is -2.34. The number of nitrogens with zero attached hydrogens (tertiary/aromatic N) is 2. The van der Waals surface area contributed by atoms with E-state index in [9.17, 15) is 8.78 Å². The number of halogens is 4. The molecule has 0 spiro atoms. The molecule has 6 heteroatoms. The van der Waals surface area contributed by atoms with Crippen LogP contribution in [0.1, 0.15) is 22.5 Å². The van der Waals surface area contributed by atoms with Gasteiger partial charge in [0.25, 0.3) is 0 Å². The summed E-state index contributed by atoms with van der Waals surface area (Å²) in [6, 6.07) is 33.3. The summed E-state index contributed by atoms with van der Waals surface area (Å²) in [5.74, 6) is -4.03. The zero-order valence-electron chi connectivity index (χ0n) is 21.6. The highest BCUT2D eigenvalue weighted by Gasteiger charge is 2.45. The quantitative estimate of drug-likeness (QED) is 0.195. The summed E-state index contributed by atoms with van der Waals surface area (Å²) in [6.45, 7) is 0. The van der Waals surface area contributed by atoms with E-state index in [2.05, 4.69) is 0 Å². The van der Waals surface area contributed by atoms with Gasteiger partial charge >= 0.3 is 0 Å². The fraction of sp³-hybridized carbons (Fsp3) is 0.0286. The molecule has 0 bridgehead atoms. The van der Waals surface area contributed by atoms with Gasteiger partial charge in [-0.3, -0.25) is 9.97 Å². The largest absolute Gasteiger partial charge is 0.259 e. The first-order chi connectivity index (χ1) is 20.0. The molecule has 0 N–H and O–H groups in total. The normalized spacial score (nSPS) is 11.4. The molecule has 0 unspecified atom stereocenters. The fourth-order valence-electron chi connectivity index (χ4n) is 5.47. The fourth-order valence-corrected chi connectivity index (χ4v) is 5.47. The van der Waals surface area contributed by atoms with Crippen molar-refractivity contribution in [1.29, 1.82) is 0 Å². The van der Waals surface area contributed by atoms with Crippen LogP contribution in [0.4, 0.5) is 17.6 Å². The summed E-state index contributed by atoms with van der Waals surface area (Å²) >= 11 is 0. The van der Waals surface area contributed by atoms with Gasteiger partial charge in [0.2, 0.25) is 0 Å². The molecule has 0 atom stereocenters. The Balaban J connectivity index is 1.82. The molecule has 0 aliphatic carbocycles. The van der Waals surface area contributed by atoms with Gasteiger partial charge in [-0.25, -0.2) is 17.6 Å². The SMILES string of the molecule is Fc1cccc(-c2cccnc2C(c2ccccc2)(c2ccccc2)c2ncccc2-c2cccc(F)c2F)c1F. The first-order valence-corrected chi connectivity index (χ1v) is 12.9. The number of aromatic nitrogens is 2. The van der Waals surface area contributed by atoms with E-state index in [1.165, 1.54) is 24.3 Å². The first-order valence-electron chi connectivity index (χ1n) is 12.9. The minimum absolute atomic E-state index is 0.0127. The molecule has 4 aromatic carbocycles. The molecule has 0 aliphatic rings. The van der Waals surface area contributed by atoms with Gasteiger partial charge in [-0.15, -0.1) is 0 Å². The minimum atomic E-state index is -1.37. The second kappa shape index (κ2) is 10.8. The van der Waals surface area contributed by atoms with Crippen LogP contribution in [0.5, 0.6) is 0 Å². The number of benzene rings is 4. The molecule has 0 saturated carbocycles. The van der Waals surface area contributed by atoms with Crippen LogP contribution in [0.25, 0.3) is 22.3 Å². The monoisotopic (exact) mass is 546 g/mol. The lowest BCUT2D eigenvalue weighted by molar-refractivity contribution is 0.510. The van der Waals surface area contributed by atoms with Crippen LogP contribution in [0, 0.1) is 23.3 Å². The predicted molar refractivity (Wildman–Crippen MR) is 151 cm³/mol. The molecule has 6 rings (SSSR count). The Hall–Kier alpha value is -5.10. The van der Waals surface area contributed by atoms with Crippen molar-refractivity contribution in [3.63, 3.8) is 0 Å². The van der Waals surface area contributed by atoms with E-state index in [0.717, 1.165) is 12.1 Å². The van der Waals surface area contributed by atoms with Crippen molar-refractivity contribution in [2.45, 2.75) is 5.41 Å². The molecule has 0 saturated heterocycles. The number of hydrogen-bond donors (Lipinski definition) is 0. The highest BCUT2D eigenvalue weighted by molar-refractivity contribution is 5.78. The smallest absolute Gasteiger partial charge is 0.166 e. The van der Waals surface area contributed by atoms with Crippen LogP contribution in [-0.4, -0.2) is 9.97 Å². The van der Waals surface area contributed by atoms with Crippen LogP contribution < -0.4 is 0 Å². The van der Waals surface area contributed by atoms with Crippen LogP contribution in [-0.2, 0) is 5.41 Å². The van der Waals surface area contributed by atoms with E-state index in [1.54, 1.807) is 36.7 Å². The molecule has 0 amide bonds. The molecular weight excluding hydrogens is 524 g/mol. The van der Waals surface area contributed by atoms with Crippen LogP contribution in [0.3, 0.4) is 0 Å². The van der Waals surface area contributed by atoms with Crippen LogP contribution >= 0.6 is 0 Å². The lowest BCUT2D eigenvalue weighted by Gasteiger charge is -2.37. The van der Waals surface area contributed by atoms with E-state index < -0.39 is 28.7 Å². The summed E-state index contributed by atoms with van der Waals surface area (Å²) in [7, 11) is 0. The van der Waals surface area contributed by atoms with Gasteiger partial charge in [0.1, 0.15) is 5.41 Å². The van der Waals surface area contributed by atoms with Crippen LogP contribution in [0.15, 0.2) is 134 Å². The maximum absolute atomic E-state index is 15.4. The lowest BCUT2D eigenvalue weighted by atomic mass is 9.66. The molecule has 6 aromatic rings. The highest BCUT2D eigenvalue weighted by atomic mass is 19.2. The summed E-state index contributed by atoms with van der Waals surface area (Å²) in [4.78, 5) is 9.61. The van der Waals surface area contributed by atoms with Crippen molar-refractivity contribution >= 4 is 0 Å². The molecule has 2 aromatic heterocycles. The molecule has 2 nitrogen and oxygen atoms in total. The summed E-state index contributed by atoms with van der Waals surface area (Å²) in [6.07, 6.45) is 3.14. The Morgan fingerprint density at radius 1 is 0.390 bits per heavy atom. The zero-order valence-corrected chi connectivity index (χ0v) is 21.6. The number of hydrogen-bond acceptors (Lipinski definition) is 2. The van der Waals surface area contributed by atoms with Crippen molar-refractivity contribution in [3.8, 4) is 22.3 Å². The maximum atomic E-state index is 15.4. The molecule has 41 heavy (non-hydrogen) atoms. The van der Waals surface area contributed by atoms with E-state index in [0.29, 0.717) is 33.6 Å². The maximum Gasteiger partial charge on any atom is 0.166 e. The Morgan fingerprint density at radius 2 is 0.780 bits per heavy atom. The van der Waals surface area contributed by atoms with Gasteiger partial charge < -0.3 is 0 Å². The molecule has 2 heterocycles. The number of rotatable bonds is 6. The predicted octanol–water partition coefficient (Wildman–Crippen LogP) is 8.75. The van der Waals surface area contributed by atoms with E-state index >= 15 is 8.78 Å². The van der Waals surface area contributed by atoms with Gasteiger partial charge in [0.05, 0.1) is 11.4 Å². The molecule has 0 radical (unpaired) electrons. The van der Waals surface area contributed by atoms with Gasteiger partial charge in [0, 0.05) is 34.6 Å². The average molecular weight is 547 g/mol. The Kier molecular flexibility index (Phi) is 6.89. The third-order valence-electron chi connectivity index (χ3n) is 7.22. The molecule has 200 valence electrons. The first kappa shape index (κ1) is 26.1. The van der Waals surface area contributed by atoms with Gasteiger partial charge in [-0.05, 0) is 35.4 Å². The van der Waals surface area contributed by atoms with Crippen molar-refractivity contribution in [3.05, 3.63) is 180 Å². The standard InChI is InChI=1S/C35H22F4N2/c36-29-19-7-15-25(31(29)38)27-17-9-21-40-33(27)35(23-11-3-1-4-12-23,24-13-5-2-6-14-24)34-28(18-10-22-41-34)26-16-8-20-30(37)32(26)39/h1-22H. The van der Waals surface area contributed by atoms with E-state index in [-0.39, 0.29) is 11.1 Å². The second-order valence-electron chi connectivity index (χ2n) is 9.48. The Morgan fingerprint density at radius 3 is 1.20 bits per heavy atom. The van der Waals surface area contributed by atoms with Crippen molar-refractivity contribution in [2.75, 3.05) is 0 Å². The highest BCUT2D eigenvalue weighted by Crippen LogP contribution is 2.49. The van der Waals surface area contributed by atoms with Crippen molar-refractivity contribution < 1.29 is 17.6 Å². The van der Waals surface area contributed by atoms with Crippen molar-refractivity contribution in [2.24, 2.45) is 0 Å². The topological polar surface area (TPSA) is 25.8 Å². The zero-order chi connectivity index (χ0) is 28.4. The summed E-state index contributed by atoms with van der Waals surface area (Å²) < 4.78 is 59.9. The van der Waals surface area contributed by atoms with Gasteiger partial charge in [-0.2, -0.15) is 0 Å². The van der Waals surface area contributed by atoms with Gasteiger partial charge in [0.15, 0.2) is 23.3 Å². The third kappa shape index (κ3) is 4.38. The molecule has 0 aliphatic heterocycles. The molecular formula is C35H22F4N2. The number of pyridine rings is 2. The van der Waals surface area contributed by atoms with E-state index in [1.807, 2.05) is 60.7 Å².